The lowest BCUT2D eigenvalue weighted by Crippen LogP contribution is -2.46. The van der Waals surface area contributed by atoms with Gasteiger partial charge in [-0.25, -0.2) is 0 Å². The molecule has 6 heteroatoms. The summed E-state index contributed by atoms with van der Waals surface area (Å²) in [5.74, 6) is -0.204. The summed E-state index contributed by atoms with van der Waals surface area (Å²) in [6.45, 7) is 1.22. The zero-order valence-electron chi connectivity index (χ0n) is 12.5. The lowest BCUT2D eigenvalue weighted by Gasteiger charge is -2.32. The van der Waals surface area contributed by atoms with Gasteiger partial charge in [0.1, 0.15) is 6.26 Å². The van der Waals surface area contributed by atoms with Crippen LogP contribution >= 0.6 is 11.6 Å². The highest BCUT2D eigenvalue weighted by Crippen LogP contribution is 2.17. The molecule has 5 nitrogen and oxygen atoms in total. The molecule has 2 heterocycles. The Morgan fingerprint density at radius 2 is 1.91 bits per heavy atom. The molecule has 0 spiro atoms. The Kier molecular flexibility index (Phi) is 4.67. The topological polar surface area (TPSA) is 62.6 Å². The van der Waals surface area contributed by atoms with Gasteiger partial charge in [0.25, 0.3) is 11.8 Å². The molecular weight excluding hydrogens is 316 g/mol. The van der Waals surface area contributed by atoms with E-state index in [-0.39, 0.29) is 17.9 Å². The zero-order valence-corrected chi connectivity index (χ0v) is 13.3. The number of carbonyl (C=O) groups excluding carboxylic acids is 2. The Morgan fingerprint density at radius 3 is 2.57 bits per heavy atom. The third kappa shape index (κ3) is 3.56. The highest BCUT2D eigenvalue weighted by atomic mass is 35.5. The van der Waals surface area contributed by atoms with Crippen LogP contribution in [0.15, 0.2) is 47.3 Å². The Labute approximate surface area is 139 Å². The van der Waals surface area contributed by atoms with E-state index in [4.69, 9.17) is 16.0 Å². The molecule has 2 amide bonds. The average Bonchev–Trinajstić information content (AvgIpc) is 3.09. The SMILES string of the molecule is O=C(NC1CCN(C(=O)c2ccoc2)CC1)c1ccccc1Cl. The molecule has 2 aromatic rings. The molecule has 1 aliphatic heterocycles. The lowest BCUT2D eigenvalue weighted by atomic mass is 10.0. The molecule has 1 aromatic heterocycles. The molecule has 0 saturated carbocycles. The van der Waals surface area contributed by atoms with Crippen LogP contribution in [0.4, 0.5) is 0 Å². The van der Waals surface area contributed by atoms with Crippen LogP contribution in [0, 0.1) is 0 Å². The van der Waals surface area contributed by atoms with E-state index in [2.05, 4.69) is 5.32 Å². The summed E-state index contributed by atoms with van der Waals surface area (Å²) in [4.78, 5) is 26.2. The number of nitrogens with one attached hydrogen (secondary N) is 1. The van der Waals surface area contributed by atoms with E-state index in [0.717, 1.165) is 12.8 Å². The first-order valence-corrected chi connectivity index (χ1v) is 7.90. The van der Waals surface area contributed by atoms with Crippen LogP contribution in [-0.4, -0.2) is 35.8 Å². The van der Waals surface area contributed by atoms with E-state index in [1.54, 1.807) is 35.2 Å². The molecule has 1 N–H and O–H groups in total. The van der Waals surface area contributed by atoms with E-state index in [1.165, 1.54) is 12.5 Å². The van der Waals surface area contributed by atoms with Gasteiger partial charge in [-0.05, 0) is 31.0 Å². The van der Waals surface area contributed by atoms with Crippen LogP contribution < -0.4 is 5.32 Å². The summed E-state index contributed by atoms with van der Waals surface area (Å²) < 4.78 is 4.94. The first-order chi connectivity index (χ1) is 11.1. The number of piperidine rings is 1. The molecule has 3 rings (SSSR count). The van der Waals surface area contributed by atoms with Gasteiger partial charge in [0.05, 0.1) is 22.4 Å². The second-order valence-electron chi connectivity index (χ2n) is 5.53. The number of benzene rings is 1. The van der Waals surface area contributed by atoms with Gasteiger partial charge in [-0.1, -0.05) is 23.7 Å². The summed E-state index contributed by atoms with van der Waals surface area (Å²) >= 11 is 6.04. The van der Waals surface area contributed by atoms with Gasteiger partial charge < -0.3 is 14.6 Å². The Morgan fingerprint density at radius 1 is 1.17 bits per heavy atom. The molecule has 0 unspecified atom stereocenters. The minimum atomic E-state index is -0.171. The molecule has 0 atom stereocenters. The van der Waals surface area contributed by atoms with Gasteiger partial charge in [0.2, 0.25) is 0 Å². The Balaban J connectivity index is 1.54. The number of likely N-dealkylation sites (tertiary alicyclic amines) is 1. The molecule has 120 valence electrons. The van der Waals surface area contributed by atoms with Gasteiger partial charge in [0.15, 0.2) is 0 Å². The molecular formula is C17H17ClN2O3. The minimum Gasteiger partial charge on any atom is -0.472 e. The predicted octanol–water partition coefficient (Wildman–Crippen LogP) is 2.97. The third-order valence-electron chi connectivity index (χ3n) is 4.00. The monoisotopic (exact) mass is 332 g/mol. The van der Waals surface area contributed by atoms with Crippen molar-refractivity contribution in [2.75, 3.05) is 13.1 Å². The van der Waals surface area contributed by atoms with E-state index in [9.17, 15) is 9.59 Å². The third-order valence-corrected chi connectivity index (χ3v) is 4.33. The van der Waals surface area contributed by atoms with Crippen LogP contribution in [-0.2, 0) is 0 Å². The number of rotatable bonds is 3. The van der Waals surface area contributed by atoms with Crippen molar-refractivity contribution >= 4 is 23.4 Å². The number of carbonyl (C=O) groups is 2. The van der Waals surface area contributed by atoms with E-state index in [0.29, 0.717) is 29.2 Å². The predicted molar refractivity (Wildman–Crippen MR) is 86.6 cm³/mol. The maximum Gasteiger partial charge on any atom is 0.257 e. The molecule has 1 saturated heterocycles. The normalized spacial score (nSPS) is 15.4. The standard InChI is InChI=1S/C17H17ClN2O3/c18-15-4-2-1-3-14(15)16(21)19-13-5-8-20(9-6-13)17(22)12-7-10-23-11-12/h1-4,7,10-11,13H,5-6,8-9H2,(H,19,21). The van der Waals surface area contributed by atoms with Crippen molar-refractivity contribution in [2.24, 2.45) is 0 Å². The van der Waals surface area contributed by atoms with Crippen LogP contribution in [0.25, 0.3) is 0 Å². The number of amides is 2. The van der Waals surface area contributed by atoms with Crippen molar-refractivity contribution in [2.45, 2.75) is 18.9 Å². The molecule has 1 aromatic carbocycles. The second-order valence-corrected chi connectivity index (χ2v) is 5.94. The van der Waals surface area contributed by atoms with Crippen LogP contribution in [0.5, 0.6) is 0 Å². The van der Waals surface area contributed by atoms with E-state index in [1.807, 2.05) is 0 Å². The van der Waals surface area contributed by atoms with Gasteiger partial charge in [-0.15, -0.1) is 0 Å². The van der Waals surface area contributed by atoms with Crippen LogP contribution in [0.2, 0.25) is 5.02 Å². The number of nitrogens with zero attached hydrogens (tertiary/aromatic N) is 1. The van der Waals surface area contributed by atoms with Crippen molar-refractivity contribution in [1.82, 2.24) is 10.2 Å². The van der Waals surface area contributed by atoms with Gasteiger partial charge in [-0.2, -0.15) is 0 Å². The maximum atomic E-state index is 12.2. The molecule has 0 bridgehead atoms. The van der Waals surface area contributed by atoms with Crippen molar-refractivity contribution < 1.29 is 14.0 Å². The van der Waals surface area contributed by atoms with Crippen molar-refractivity contribution in [3.05, 3.63) is 59.0 Å². The zero-order chi connectivity index (χ0) is 16.2. The number of hydrogen-bond acceptors (Lipinski definition) is 3. The van der Waals surface area contributed by atoms with Gasteiger partial charge in [-0.3, -0.25) is 9.59 Å². The molecule has 1 fully saturated rings. The van der Waals surface area contributed by atoms with E-state index < -0.39 is 0 Å². The first-order valence-electron chi connectivity index (χ1n) is 7.52. The molecule has 0 radical (unpaired) electrons. The van der Waals surface area contributed by atoms with E-state index >= 15 is 0 Å². The number of hydrogen-bond donors (Lipinski definition) is 1. The van der Waals surface area contributed by atoms with Crippen LogP contribution in [0.3, 0.4) is 0 Å². The summed E-state index contributed by atoms with van der Waals surface area (Å²) in [7, 11) is 0. The van der Waals surface area contributed by atoms with Crippen molar-refractivity contribution in [3.8, 4) is 0 Å². The molecule has 0 aliphatic carbocycles. The number of halogens is 1. The first kappa shape index (κ1) is 15.6. The average molecular weight is 333 g/mol. The van der Waals surface area contributed by atoms with Gasteiger partial charge in [0, 0.05) is 19.1 Å². The smallest absolute Gasteiger partial charge is 0.257 e. The van der Waals surface area contributed by atoms with Gasteiger partial charge >= 0.3 is 0 Å². The fraction of sp³-hybridized carbons (Fsp3) is 0.294. The Bertz CT molecular complexity index is 692. The molecule has 1 aliphatic rings. The highest BCUT2D eigenvalue weighted by molar-refractivity contribution is 6.33. The quantitative estimate of drug-likeness (QED) is 0.940. The van der Waals surface area contributed by atoms with Crippen molar-refractivity contribution in [1.29, 1.82) is 0 Å². The summed E-state index contributed by atoms with van der Waals surface area (Å²) in [6, 6.07) is 8.68. The fourth-order valence-corrected chi connectivity index (χ4v) is 2.93. The maximum absolute atomic E-state index is 12.2. The summed E-state index contributed by atoms with van der Waals surface area (Å²) in [5, 5.41) is 3.43. The second kappa shape index (κ2) is 6.87. The van der Waals surface area contributed by atoms with Crippen molar-refractivity contribution in [3.63, 3.8) is 0 Å². The number of furan rings is 1. The fourth-order valence-electron chi connectivity index (χ4n) is 2.70. The summed E-state index contributed by atoms with van der Waals surface area (Å²) in [5.41, 5.74) is 1.04. The highest BCUT2D eigenvalue weighted by Gasteiger charge is 2.25. The Hall–Kier alpha value is -2.27. The minimum absolute atomic E-state index is 0.0327. The molecule has 23 heavy (non-hydrogen) atoms. The largest absolute Gasteiger partial charge is 0.472 e. The summed E-state index contributed by atoms with van der Waals surface area (Å²) in [6.07, 6.45) is 4.39. The van der Waals surface area contributed by atoms with Crippen LogP contribution in [0.1, 0.15) is 33.6 Å². The lowest BCUT2D eigenvalue weighted by molar-refractivity contribution is 0.0697.